The normalized spacial score (nSPS) is 4.71. The molecule has 0 aliphatic heterocycles. The second kappa shape index (κ2) is 15.8. The molecule has 7 heavy (non-hydrogen) atoms. The average Bonchev–Trinajstić information content (AvgIpc) is 1.41. The van der Waals surface area contributed by atoms with Gasteiger partial charge in [-0.15, -0.1) is 0 Å². The first kappa shape index (κ1) is 16.2. The molecular weight excluding hydrogens is 355 g/mol. The Morgan fingerprint density at radius 3 is 1.14 bits per heavy atom. The minimum atomic E-state index is -2.22. The zero-order chi connectivity index (χ0) is 5.58. The molecule has 0 amide bonds. The third-order valence-corrected chi connectivity index (χ3v) is 0. The van der Waals surface area contributed by atoms with E-state index in [-0.39, 0.29) is 22.4 Å². The van der Waals surface area contributed by atoms with E-state index < -0.39 is 17.9 Å². The van der Waals surface area contributed by atoms with Crippen LogP contribution in [-0.2, 0) is 22.4 Å². The zero-order valence-electron chi connectivity index (χ0n) is 3.59. The van der Waals surface area contributed by atoms with Gasteiger partial charge < -0.3 is 5.73 Å². The van der Waals surface area contributed by atoms with Crippen LogP contribution in [0.5, 0.6) is 0 Å². The number of hydrogen-bond donors (Lipinski definition) is 1. The molecule has 0 unspecified atom stereocenters. The van der Waals surface area contributed by atoms with Crippen LogP contribution in [-0.4, -0.2) is 24.9 Å². The maximum atomic E-state index is 5.02. The Morgan fingerprint density at radius 2 is 1.14 bits per heavy atom. The topological polar surface area (TPSA) is 26.0 Å². The van der Waals surface area contributed by atoms with Gasteiger partial charge in [0.15, 0.2) is 0 Å². The van der Waals surface area contributed by atoms with Crippen molar-refractivity contribution in [3.05, 3.63) is 0 Å². The van der Waals surface area contributed by atoms with Gasteiger partial charge in [0.25, 0.3) is 0 Å². The Labute approximate surface area is 77.6 Å². The van der Waals surface area contributed by atoms with E-state index in [0.29, 0.717) is 0 Å². The summed E-state index contributed by atoms with van der Waals surface area (Å²) in [6, 6.07) is 0. The van der Waals surface area contributed by atoms with Crippen molar-refractivity contribution < 1.29 is 22.4 Å². The summed E-state index contributed by atoms with van der Waals surface area (Å²) in [6.07, 6.45) is 0. The Bertz CT molecular complexity index is 19.7. The van der Waals surface area contributed by atoms with Gasteiger partial charge in [0, 0.05) is 22.4 Å². The van der Waals surface area contributed by atoms with E-state index >= 15 is 0 Å². The van der Waals surface area contributed by atoms with E-state index in [0.717, 1.165) is 0 Å². The first-order valence-electron chi connectivity index (χ1n) is 1.23. The van der Waals surface area contributed by atoms with Gasteiger partial charge in [0.1, 0.15) is 0 Å². The van der Waals surface area contributed by atoms with Crippen molar-refractivity contribution in [1.82, 2.24) is 0 Å². The van der Waals surface area contributed by atoms with Crippen LogP contribution in [0.4, 0.5) is 0 Å². The fourth-order valence-corrected chi connectivity index (χ4v) is 0. The number of hydrogen-bond acceptors (Lipinski definition) is 1. The Hall–Kier alpha value is 2.44. The van der Waals surface area contributed by atoms with E-state index in [9.17, 15) is 0 Å². The molecule has 6 heteroatoms. The van der Waals surface area contributed by atoms with Gasteiger partial charge in [-0.05, 0) is 7.05 Å². The summed E-state index contributed by atoms with van der Waals surface area (Å²) in [4.78, 5) is 0. The summed E-state index contributed by atoms with van der Waals surface area (Å²) in [5.41, 5.74) is 4.50. The maximum absolute atomic E-state index is 5.02. The summed E-state index contributed by atoms with van der Waals surface area (Å²) in [5, 5.41) is 0. The van der Waals surface area contributed by atoms with Crippen LogP contribution in [0.1, 0.15) is 0 Å². The molecule has 0 aromatic carbocycles. The van der Waals surface area contributed by atoms with Crippen LogP contribution in [0, 0.1) is 0 Å². The van der Waals surface area contributed by atoms with Crippen molar-refractivity contribution in [2.45, 2.75) is 0 Å². The van der Waals surface area contributed by atoms with Crippen LogP contribution in [0.3, 0.4) is 0 Å². The molecule has 0 saturated carbocycles. The van der Waals surface area contributed by atoms with E-state index in [1.54, 1.807) is 0 Å². The van der Waals surface area contributed by atoms with Gasteiger partial charge in [-0.3, -0.25) is 0 Å². The van der Waals surface area contributed by atoms with E-state index in [1.165, 1.54) is 7.05 Å². The Balaban J connectivity index is -0.0000000480. The van der Waals surface area contributed by atoms with Crippen LogP contribution < -0.4 is 5.73 Å². The van der Waals surface area contributed by atoms with Gasteiger partial charge >= 0.3 is 43.6 Å². The molecule has 0 spiro atoms. The first-order valence-corrected chi connectivity index (χ1v) is 13.8. The van der Waals surface area contributed by atoms with Crippen molar-refractivity contribution >= 4 is 43.6 Å². The van der Waals surface area contributed by atoms with Crippen molar-refractivity contribution in [2.75, 3.05) is 7.05 Å². The molecule has 0 aliphatic rings. The molecule has 1 radical (unpaired) electrons. The number of nitrogens with two attached hydrogens (primary N) is 1. The van der Waals surface area contributed by atoms with Crippen LogP contribution in [0.15, 0.2) is 0 Å². The van der Waals surface area contributed by atoms with Crippen molar-refractivity contribution in [2.24, 2.45) is 5.73 Å². The molecule has 49 valence electrons. The Morgan fingerprint density at radius 1 is 1.14 bits per heavy atom. The molecule has 0 aromatic rings. The molecule has 2 N–H and O–H groups in total. The second-order valence-electron chi connectivity index (χ2n) is 0.247. The van der Waals surface area contributed by atoms with Crippen LogP contribution in [0.2, 0.25) is 0 Å². The number of halogens is 3. The predicted molar refractivity (Wildman–Crippen MR) is 33.4 cm³/mol. The molecular formula is CH5AgCl3InN. The molecule has 0 atom stereocenters. The predicted octanol–water partition coefficient (Wildman–Crippen LogP) is 1.26. The van der Waals surface area contributed by atoms with Gasteiger partial charge in [0.2, 0.25) is 0 Å². The summed E-state index contributed by atoms with van der Waals surface area (Å²) < 4.78 is 0. The second-order valence-corrected chi connectivity index (χ2v) is 14.9. The molecule has 0 heterocycles. The van der Waals surface area contributed by atoms with Crippen molar-refractivity contribution in [3.63, 3.8) is 0 Å². The minimum absolute atomic E-state index is 0. The van der Waals surface area contributed by atoms with Gasteiger partial charge in [0.05, 0.1) is 0 Å². The van der Waals surface area contributed by atoms with Crippen molar-refractivity contribution in [1.29, 1.82) is 0 Å². The molecule has 1 nitrogen and oxygen atoms in total. The molecule has 0 fully saturated rings. The molecule has 0 bridgehead atoms. The average molecular weight is 360 g/mol. The molecule has 0 rings (SSSR count). The number of rotatable bonds is 0. The molecule has 0 aliphatic carbocycles. The fraction of sp³-hybridized carbons (Fsp3) is 1.00. The van der Waals surface area contributed by atoms with E-state index in [4.69, 9.17) is 25.7 Å². The third-order valence-electron chi connectivity index (χ3n) is 0. The molecule has 0 saturated heterocycles. The quantitative estimate of drug-likeness (QED) is 0.647. The standard InChI is InChI=1S/CH5N.Ag.3ClH.In/c1-2;;;;;/h2H2,1H3;;3*1H;/q;;;;;+3/p-3. The Kier molecular flexibility index (Phi) is 36.6. The van der Waals surface area contributed by atoms with Gasteiger partial charge in [-0.25, -0.2) is 0 Å². The van der Waals surface area contributed by atoms with Crippen molar-refractivity contribution in [3.8, 4) is 0 Å². The van der Waals surface area contributed by atoms with E-state index in [1.807, 2.05) is 0 Å². The third kappa shape index (κ3) is 58.8. The summed E-state index contributed by atoms with van der Waals surface area (Å²) in [5.74, 6) is 0. The summed E-state index contributed by atoms with van der Waals surface area (Å²) in [6.45, 7) is 0. The fourth-order valence-electron chi connectivity index (χ4n) is 0. The van der Waals surface area contributed by atoms with Crippen LogP contribution in [0.25, 0.3) is 0 Å². The SMILES string of the molecule is CN.[Ag].[Cl][In]([Cl])[Cl]. The monoisotopic (exact) mass is 358 g/mol. The summed E-state index contributed by atoms with van der Waals surface area (Å²) in [7, 11) is 16.5. The zero-order valence-corrected chi connectivity index (χ0v) is 10.6. The molecule has 0 aromatic heterocycles. The summed E-state index contributed by atoms with van der Waals surface area (Å²) >= 11 is -2.22. The van der Waals surface area contributed by atoms with E-state index in [2.05, 4.69) is 5.73 Å². The first-order chi connectivity index (χ1) is 2.73. The van der Waals surface area contributed by atoms with Gasteiger partial charge in [-0.1, -0.05) is 0 Å². The van der Waals surface area contributed by atoms with Crippen LogP contribution >= 0.6 is 25.7 Å². The van der Waals surface area contributed by atoms with Gasteiger partial charge in [-0.2, -0.15) is 0 Å².